The Balaban J connectivity index is 2.18. The van der Waals surface area contributed by atoms with Crippen molar-refractivity contribution in [1.29, 1.82) is 5.26 Å². The third-order valence-corrected chi connectivity index (χ3v) is 2.80. The van der Waals surface area contributed by atoms with Gasteiger partial charge in [-0.05, 0) is 35.9 Å². The van der Waals surface area contributed by atoms with E-state index in [0.29, 0.717) is 10.6 Å². The highest BCUT2D eigenvalue weighted by atomic mass is 35.5. The Hall–Kier alpha value is -2.57. The molecule has 0 aliphatic rings. The Bertz CT molecular complexity index is 687. The molecular weight excluding hydrogens is 272 g/mol. The molecule has 0 saturated carbocycles. The summed E-state index contributed by atoms with van der Waals surface area (Å²) >= 11 is 5.87. The van der Waals surface area contributed by atoms with E-state index in [1.54, 1.807) is 54.6 Å². The van der Waals surface area contributed by atoms with Crippen LogP contribution < -0.4 is 5.32 Å². The molecule has 20 heavy (non-hydrogen) atoms. The van der Waals surface area contributed by atoms with Gasteiger partial charge in [-0.15, -0.1) is 0 Å². The molecule has 2 aromatic rings. The van der Waals surface area contributed by atoms with Gasteiger partial charge in [-0.3, -0.25) is 4.79 Å². The molecule has 0 atom stereocenters. The number of rotatable bonds is 3. The molecule has 2 rings (SSSR count). The number of allylic oxidation sites excluding steroid dienone is 1. The van der Waals surface area contributed by atoms with Crippen molar-refractivity contribution in [3.63, 3.8) is 0 Å². The van der Waals surface area contributed by atoms with Crippen LogP contribution in [0, 0.1) is 11.3 Å². The summed E-state index contributed by atoms with van der Waals surface area (Å²) in [4.78, 5) is 11.9. The minimum atomic E-state index is -0.319. The number of carbonyl (C=O) groups is 1. The van der Waals surface area contributed by atoms with Gasteiger partial charge in [0, 0.05) is 10.6 Å². The number of amides is 1. The number of carbonyl (C=O) groups excluding carboxylic acids is 1. The Kier molecular flexibility index (Phi) is 4.54. The molecule has 3 nitrogen and oxygen atoms in total. The summed E-state index contributed by atoms with van der Waals surface area (Å²) in [5, 5.41) is 12.2. The van der Waals surface area contributed by atoms with Crippen molar-refractivity contribution in [3.8, 4) is 6.07 Å². The zero-order valence-electron chi connectivity index (χ0n) is 10.5. The molecule has 1 N–H and O–H groups in total. The van der Waals surface area contributed by atoms with Crippen LogP contribution in [0.15, 0.2) is 60.3 Å². The first-order valence-corrected chi connectivity index (χ1v) is 6.30. The van der Waals surface area contributed by atoms with Gasteiger partial charge in [0.05, 0.1) is 0 Å². The maximum atomic E-state index is 11.9. The predicted molar refractivity (Wildman–Crippen MR) is 79.0 cm³/mol. The monoisotopic (exact) mass is 282 g/mol. The summed E-state index contributed by atoms with van der Waals surface area (Å²) < 4.78 is 0. The quantitative estimate of drug-likeness (QED) is 0.874. The highest BCUT2D eigenvalue weighted by Gasteiger charge is 2.06. The first-order valence-electron chi connectivity index (χ1n) is 5.93. The Labute approximate surface area is 122 Å². The Morgan fingerprint density at radius 3 is 2.55 bits per heavy atom. The van der Waals surface area contributed by atoms with E-state index in [9.17, 15) is 4.79 Å². The zero-order valence-corrected chi connectivity index (χ0v) is 11.3. The standard InChI is InChI=1S/C16H11ClN2O/c17-14-8-4-5-12(9-14)10-15(11-18)19-16(20)13-6-2-1-3-7-13/h1-10H,(H,19,20). The average Bonchev–Trinajstić information content (AvgIpc) is 2.47. The number of nitriles is 1. The zero-order chi connectivity index (χ0) is 14.4. The molecule has 0 saturated heterocycles. The number of nitrogens with zero attached hydrogens (tertiary/aromatic N) is 1. The van der Waals surface area contributed by atoms with E-state index in [4.69, 9.17) is 16.9 Å². The molecule has 0 radical (unpaired) electrons. The predicted octanol–water partition coefficient (Wildman–Crippen LogP) is 3.63. The third-order valence-electron chi connectivity index (χ3n) is 2.56. The fraction of sp³-hybridized carbons (Fsp3) is 0. The first kappa shape index (κ1) is 13.9. The van der Waals surface area contributed by atoms with E-state index in [2.05, 4.69) is 5.32 Å². The van der Waals surface area contributed by atoms with Crippen molar-refractivity contribution in [3.05, 3.63) is 76.4 Å². The van der Waals surface area contributed by atoms with Crippen molar-refractivity contribution in [2.45, 2.75) is 0 Å². The summed E-state index contributed by atoms with van der Waals surface area (Å²) in [7, 11) is 0. The van der Waals surface area contributed by atoms with E-state index in [0.717, 1.165) is 5.56 Å². The van der Waals surface area contributed by atoms with Crippen molar-refractivity contribution < 1.29 is 4.79 Å². The third kappa shape index (κ3) is 3.71. The van der Waals surface area contributed by atoms with Gasteiger partial charge in [0.15, 0.2) is 0 Å². The Morgan fingerprint density at radius 2 is 1.90 bits per heavy atom. The number of nitrogens with one attached hydrogen (secondary N) is 1. The van der Waals surface area contributed by atoms with Crippen LogP contribution in [0.2, 0.25) is 5.02 Å². The highest BCUT2D eigenvalue weighted by Crippen LogP contribution is 2.13. The molecule has 0 unspecified atom stereocenters. The maximum Gasteiger partial charge on any atom is 0.256 e. The summed E-state index contributed by atoms with van der Waals surface area (Å²) in [6.07, 6.45) is 1.58. The van der Waals surface area contributed by atoms with E-state index >= 15 is 0 Å². The minimum Gasteiger partial charge on any atom is -0.313 e. The molecule has 4 heteroatoms. The van der Waals surface area contributed by atoms with Crippen LogP contribution in [0.4, 0.5) is 0 Å². The first-order chi connectivity index (χ1) is 9.69. The Morgan fingerprint density at radius 1 is 1.15 bits per heavy atom. The fourth-order valence-corrected chi connectivity index (χ4v) is 1.84. The van der Waals surface area contributed by atoms with Crippen LogP contribution in [-0.4, -0.2) is 5.91 Å². The van der Waals surface area contributed by atoms with Crippen molar-refractivity contribution in [2.75, 3.05) is 0 Å². The second-order valence-electron chi connectivity index (χ2n) is 4.04. The molecular formula is C16H11ClN2O. The normalized spacial score (nSPS) is 10.7. The van der Waals surface area contributed by atoms with Crippen molar-refractivity contribution in [2.24, 2.45) is 0 Å². The SMILES string of the molecule is N#CC(=Cc1cccc(Cl)c1)NC(=O)c1ccccc1. The second-order valence-corrected chi connectivity index (χ2v) is 4.48. The molecule has 98 valence electrons. The maximum absolute atomic E-state index is 11.9. The van der Waals surface area contributed by atoms with Gasteiger partial charge >= 0.3 is 0 Å². The van der Waals surface area contributed by atoms with Gasteiger partial charge in [-0.25, -0.2) is 0 Å². The van der Waals surface area contributed by atoms with E-state index in [-0.39, 0.29) is 11.6 Å². The van der Waals surface area contributed by atoms with Gasteiger partial charge in [0.25, 0.3) is 5.91 Å². The molecule has 1 amide bonds. The van der Waals surface area contributed by atoms with Crippen LogP contribution in [0.3, 0.4) is 0 Å². The van der Waals surface area contributed by atoms with E-state index < -0.39 is 0 Å². The van der Waals surface area contributed by atoms with Gasteiger partial charge in [-0.1, -0.05) is 41.9 Å². The molecule has 0 spiro atoms. The average molecular weight is 283 g/mol. The lowest BCUT2D eigenvalue weighted by atomic mass is 10.2. The molecule has 0 heterocycles. The van der Waals surface area contributed by atoms with Crippen LogP contribution in [0.1, 0.15) is 15.9 Å². The smallest absolute Gasteiger partial charge is 0.256 e. The largest absolute Gasteiger partial charge is 0.313 e. The van der Waals surface area contributed by atoms with Gasteiger partial charge in [0.1, 0.15) is 11.8 Å². The second kappa shape index (κ2) is 6.55. The van der Waals surface area contributed by atoms with Gasteiger partial charge in [0.2, 0.25) is 0 Å². The highest BCUT2D eigenvalue weighted by molar-refractivity contribution is 6.30. The summed E-state index contributed by atoms with van der Waals surface area (Å²) in [6, 6.07) is 17.7. The van der Waals surface area contributed by atoms with Gasteiger partial charge in [-0.2, -0.15) is 5.26 Å². The molecule has 0 aliphatic carbocycles. The molecule has 0 aliphatic heterocycles. The lowest BCUT2D eigenvalue weighted by Crippen LogP contribution is -2.21. The molecule has 0 fully saturated rings. The lowest BCUT2D eigenvalue weighted by molar-refractivity contribution is 0.0968. The molecule has 2 aromatic carbocycles. The van der Waals surface area contributed by atoms with E-state index in [1.807, 2.05) is 12.1 Å². The van der Waals surface area contributed by atoms with Crippen LogP contribution in [-0.2, 0) is 0 Å². The van der Waals surface area contributed by atoms with Crippen LogP contribution in [0.25, 0.3) is 6.08 Å². The van der Waals surface area contributed by atoms with Crippen molar-refractivity contribution >= 4 is 23.6 Å². The summed E-state index contributed by atoms with van der Waals surface area (Å²) in [5.74, 6) is -0.319. The lowest BCUT2D eigenvalue weighted by Gasteiger charge is -2.03. The van der Waals surface area contributed by atoms with E-state index in [1.165, 1.54) is 0 Å². The summed E-state index contributed by atoms with van der Waals surface area (Å²) in [6.45, 7) is 0. The summed E-state index contributed by atoms with van der Waals surface area (Å²) in [5.41, 5.74) is 1.42. The number of hydrogen-bond donors (Lipinski definition) is 1. The van der Waals surface area contributed by atoms with Crippen molar-refractivity contribution in [1.82, 2.24) is 5.32 Å². The van der Waals surface area contributed by atoms with Crippen LogP contribution >= 0.6 is 11.6 Å². The minimum absolute atomic E-state index is 0.168. The van der Waals surface area contributed by atoms with Crippen LogP contribution in [0.5, 0.6) is 0 Å². The fourth-order valence-electron chi connectivity index (χ4n) is 1.64. The van der Waals surface area contributed by atoms with Gasteiger partial charge < -0.3 is 5.32 Å². The number of halogens is 1. The number of hydrogen-bond acceptors (Lipinski definition) is 2. The topological polar surface area (TPSA) is 52.9 Å². The number of benzene rings is 2. The molecule has 0 bridgehead atoms. The molecule has 0 aromatic heterocycles.